The Balaban J connectivity index is 1.79. The quantitative estimate of drug-likeness (QED) is 0.736. The number of hydrogen-bond donors (Lipinski definition) is 3. The largest absolute Gasteiger partial charge is 0.370 e. The molecule has 1 aliphatic carbocycles. The van der Waals surface area contributed by atoms with E-state index in [0.717, 1.165) is 25.9 Å². The van der Waals surface area contributed by atoms with Crippen molar-refractivity contribution in [3.8, 4) is 6.07 Å². The predicted molar refractivity (Wildman–Crippen MR) is 102 cm³/mol. The van der Waals surface area contributed by atoms with Gasteiger partial charge in [0.15, 0.2) is 0 Å². The molecule has 2 fully saturated rings. The van der Waals surface area contributed by atoms with Gasteiger partial charge in [0.25, 0.3) is 11.5 Å². The number of piperidine rings is 1. The zero-order valence-electron chi connectivity index (χ0n) is 15.0. The summed E-state index contributed by atoms with van der Waals surface area (Å²) in [5, 5.41) is 13.0. The fraction of sp³-hybridized carbons (Fsp3) is 0.474. The number of carbonyl (C=O) groups is 1. The van der Waals surface area contributed by atoms with Crippen molar-refractivity contribution in [1.29, 1.82) is 5.26 Å². The van der Waals surface area contributed by atoms with Crippen molar-refractivity contribution < 1.29 is 4.79 Å². The second-order valence-electron chi connectivity index (χ2n) is 7.44. The molecule has 1 amide bonds. The maximum atomic E-state index is 12.4. The molecule has 8 heteroatoms. The van der Waals surface area contributed by atoms with Gasteiger partial charge in [0, 0.05) is 31.6 Å². The van der Waals surface area contributed by atoms with E-state index in [-0.39, 0.29) is 17.2 Å². The monoisotopic (exact) mass is 366 g/mol. The zero-order chi connectivity index (χ0) is 19.0. The third-order valence-electron chi connectivity index (χ3n) is 5.74. The highest BCUT2D eigenvalue weighted by molar-refractivity contribution is 6.00. The van der Waals surface area contributed by atoms with Gasteiger partial charge < -0.3 is 20.9 Å². The smallest absolute Gasteiger partial charge is 0.269 e. The van der Waals surface area contributed by atoms with Crippen LogP contribution in [0.2, 0.25) is 0 Å². The Labute approximate surface area is 156 Å². The summed E-state index contributed by atoms with van der Waals surface area (Å²) in [5.74, 6) is -0.325. The molecule has 2 aromatic rings. The molecule has 4 rings (SSSR count). The van der Waals surface area contributed by atoms with Gasteiger partial charge in [0.1, 0.15) is 17.3 Å². The van der Waals surface area contributed by atoms with Crippen molar-refractivity contribution in [1.82, 2.24) is 15.3 Å². The number of pyridine rings is 2. The standard InChI is InChI=1S/C19H22N6O2/c20-5-6-22-18(27)14-9-12-15(11-23-14)24-17(26)13(10-21)16(12)25-7-3-19(1-2-19)4-8-25/h9,11H,1-8,20H2,(H,22,27)(H,24,26). The highest BCUT2D eigenvalue weighted by Crippen LogP contribution is 2.54. The normalized spacial score (nSPS) is 17.7. The first-order valence-corrected chi connectivity index (χ1v) is 9.26. The van der Waals surface area contributed by atoms with Crippen LogP contribution in [0.4, 0.5) is 5.69 Å². The number of nitrogens with zero attached hydrogens (tertiary/aromatic N) is 3. The van der Waals surface area contributed by atoms with Gasteiger partial charge in [-0.1, -0.05) is 0 Å². The molecule has 3 heterocycles. The lowest BCUT2D eigenvalue weighted by Crippen LogP contribution is -2.36. The molecule has 8 nitrogen and oxygen atoms in total. The first-order valence-electron chi connectivity index (χ1n) is 9.26. The maximum Gasteiger partial charge on any atom is 0.269 e. The van der Waals surface area contributed by atoms with Crippen LogP contribution >= 0.6 is 0 Å². The fourth-order valence-corrected chi connectivity index (χ4v) is 3.89. The highest BCUT2D eigenvalue weighted by Gasteiger charge is 2.44. The van der Waals surface area contributed by atoms with Crippen molar-refractivity contribution in [2.45, 2.75) is 25.7 Å². The molecule has 0 atom stereocenters. The maximum absolute atomic E-state index is 12.4. The number of aromatic amines is 1. The Kier molecular flexibility index (Phi) is 4.32. The predicted octanol–water partition coefficient (Wildman–Crippen LogP) is 0.864. The Hall–Kier alpha value is -2.92. The van der Waals surface area contributed by atoms with Gasteiger partial charge in [-0.05, 0) is 37.2 Å². The second-order valence-corrected chi connectivity index (χ2v) is 7.44. The Bertz CT molecular complexity index is 992. The van der Waals surface area contributed by atoms with E-state index in [1.807, 2.05) is 6.07 Å². The van der Waals surface area contributed by atoms with Crippen molar-refractivity contribution >= 4 is 22.5 Å². The topological polar surface area (TPSA) is 128 Å². The van der Waals surface area contributed by atoms with Gasteiger partial charge in [-0.15, -0.1) is 0 Å². The van der Waals surface area contributed by atoms with Crippen LogP contribution in [0.15, 0.2) is 17.1 Å². The summed E-state index contributed by atoms with van der Waals surface area (Å²) in [7, 11) is 0. The van der Waals surface area contributed by atoms with E-state index in [1.54, 1.807) is 6.07 Å². The number of H-pyrrole nitrogens is 1. The number of aromatic nitrogens is 2. The number of rotatable bonds is 4. The van der Waals surface area contributed by atoms with E-state index >= 15 is 0 Å². The summed E-state index contributed by atoms with van der Waals surface area (Å²) >= 11 is 0. The van der Waals surface area contributed by atoms with Gasteiger partial charge in [-0.25, -0.2) is 4.98 Å². The fourth-order valence-electron chi connectivity index (χ4n) is 3.89. The molecule has 140 valence electrons. The number of nitrogens with one attached hydrogen (secondary N) is 2. The first kappa shape index (κ1) is 17.5. The molecular formula is C19H22N6O2. The van der Waals surface area contributed by atoms with E-state index in [1.165, 1.54) is 19.0 Å². The van der Waals surface area contributed by atoms with Crippen molar-refractivity contribution in [3.63, 3.8) is 0 Å². The lowest BCUT2D eigenvalue weighted by atomic mass is 9.92. The van der Waals surface area contributed by atoms with Gasteiger partial charge in [-0.3, -0.25) is 9.59 Å². The van der Waals surface area contributed by atoms with Gasteiger partial charge >= 0.3 is 0 Å². The summed E-state index contributed by atoms with van der Waals surface area (Å²) in [6.45, 7) is 2.31. The number of hydrogen-bond acceptors (Lipinski definition) is 6. The minimum atomic E-state index is -0.422. The minimum Gasteiger partial charge on any atom is -0.370 e. The van der Waals surface area contributed by atoms with Crippen molar-refractivity contribution in [3.05, 3.63) is 33.9 Å². The average Bonchev–Trinajstić information content (AvgIpc) is 3.44. The molecule has 0 bridgehead atoms. The molecule has 0 unspecified atom stereocenters. The molecule has 4 N–H and O–H groups in total. The van der Waals surface area contributed by atoms with Crippen molar-refractivity contribution in [2.24, 2.45) is 11.1 Å². The number of carbonyl (C=O) groups excluding carboxylic acids is 1. The van der Waals surface area contributed by atoms with Crippen LogP contribution in [-0.2, 0) is 0 Å². The van der Waals surface area contributed by atoms with Crippen LogP contribution in [0.5, 0.6) is 0 Å². The molecule has 1 spiro atoms. The number of anilines is 1. The highest BCUT2D eigenvalue weighted by atomic mass is 16.2. The molecular weight excluding hydrogens is 344 g/mol. The molecule has 1 saturated carbocycles. The van der Waals surface area contributed by atoms with Gasteiger partial charge in [0.2, 0.25) is 0 Å². The molecule has 1 saturated heterocycles. The molecule has 0 radical (unpaired) electrons. The number of nitriles is 1. The van der Waals surface area contributed by atoms with Gasteiger partial charge in [-0.2, -0.15) is 5.26 Å². The summed E-state index contributed by atoms with van der Waals surface area (Å²) < 4.78 is 0. The van der Waals surface area contributed by atoms with Crippen molar-refractivity contribution in [2.75, 3.05) is 31.1 Å². The number of fused-ring (bicyclic) bond motifs is 1. The summed E-state index contributed by atoms with van der Waals surface area (Å²) in [6, 6.07) is 3.70. The van der Waals surface area contributed by atoms with Crippen LogP contribution in [0.3, 0.4) is 0 Å². The first-order chi connectivity index (χ1) is 13.1. The lowest BCUT2D eigenvalue weighted by Gasteiger charge is -2.34. The van der Waals surface area contributed by atoms with E-state index in [9.17, 15) is 14.9 Å². The molecule has 2 aliphatic rings. The molecule has 0 aromatic carbocycles. The molecule has 2 aromatic heterocycles. The Morgan fingerprint density at radius 3 is 2.74 bits per heavy atom. The Morgan fingerprint density at radius 1 is 1.37 bits per heavy atom. The average molecular weight is 366 g/mol. The van der Waals surface area contributed by atoms with Crippen LogP contribution in [0, 0.1) is 16.7 Å². The van der Waals surface area contributed by atoms with E-state index in [4.69, 9.17) is 5.73 Å². The number of nitrogens with two attached hydrogens (primary N) is 1. The van der Waals surface area contributed by atoms with E-state index in [0.29, 0.717) is 35.1 Å². The lowest BCUT2D eigenvalue weighted by molar-refractivity contribution is 0.0950. The minimum absolute atomic E-state index is 0.0914. The van der Waals surface area contributed by atoms with Crippen LogP contribution in [-0.4, -0.2) is 42.1 Å². The van der Waals surface area contributed by atoms with Crippen LogP contribution in [0.1, 0.15) is 41.7 Å². The second kappa shape index (κ2) is 6.67. The summed E-state index contributed by atoms with van der Waals surface area (Å²) in [5.41, 5.74) is 6.96. The number of amides is 1. The third kappa shape index (κ3) is 3.15. The zero-order valence-corrected chi connectivity index (χ0v) is 15.0. The summed E-state index contributed by atoms with van der Waals surface area (Å²) in [6.07, 6.45) is 6.17. The van der Waals surface area contributed by atoms with Gasteiger partial charge in [0.05, 0.1) is 17.4 Å². The van der Waals surface area contributed by atoms with E-state index in [2.05, 4.69) is 20.2 Å². The van der Waals surface area contributed by atoms with E-state index < -0.39 is 5.56 Å². The van der Waals surface area contributed by atoms with Crippen LogP contribution < -0.4 is 21.5 Å². The molecule has 1 aliphatic heterocycles. The SMILES string of the molecule is N#Cc1c(N2CCC3(CC2)CC3)c2cc(C(=O)NCCN)ncc2[nH]c1=O. The Morgan fingerprint density at radius 2 is 2.11 bits per heavy atom. The summed E-state index contributed by atoms with van der Waals surface area (Å²) in [4.78, 5) is 33.6. The third-order valence-corrected chi connectivity index (χ3v) is 5.74. The van der Waals surface area contributed by atoms with Crippen LogP contribution in [0.25, 0.3) is 10.9 Å². The molecule has 27 heavy (non-hydrogen) atoms.